The first-order valence-electron chi connectivity index (χ1n) is 5.09. The summed E-state index contributed by atoms with van der Waals surface area (Å²) in [4.78, 5) is 10.2. The molecule has 0 N–H and O–H groups in total. The minimum Gasteiger partial charge on any atom is -0.496 e. The van der Waals surface area contributed by atoms with Crippen molar-refractivity contribution in [2.75, 3.05) is 27.9 Å². The second-order valence-electron chi connectivity index (χ2n) is 3.47. The highest BCUT2D eigenvalue weighted by Crippen LogP contribution is 2.34. The van der Waals surface area contributed by atoms with Crippen molar-refractivity contribution in [3.63, 3.8) is 0 Å². The number of halogens is 1. The minimum absolute atomic E-state index is 0.323. The molecule has 0 fully saturated rings. The van der Waals surface area contributed by atoms with Gasteiger partial charge in [-0.2, -0.15) is 0 Å². The van der Waals surface area contributed by atoms with Gasteiger partial charge in [0.2, 0.25) is 6.54 Å². The molecule has 0 aliphatic rings. The van der Waals surface area contributed by atoms with Gasteiger partial charge in [0, 0.05) is 17.6 Å². The number of ether oxygens (including phenoxy) is 3. The smallest absolute Gasteiger partial charge is 0.233 e. The third-order valence-electron chi connectivity index (χ3n) is 2.45. The summed E-state index contributed by atoms with van der Waals surface area (Å²) in [6.07, 6.45) is -0.666. The lowest BCUT2D eigenvalue weighted by molar-refractivity contribution is -0.492. The van der Waals surface area contributed by atoms with Crippen LogP contribution in [-0.2, 0) is 4.74 Å². The molecule has 0 aliphatic heterocycles. The normalized spacial score (nSPS) is 12.0. The summed E-state index contributed by atoms with van der Waals surface area (Å²) < 4.78 is 16.4. The van der Waals surface area contributed by atoms with E-state index < -0.39 is 11.0 Å². The van der Waals surface area contributed by atoms with E-state index in [0.29, 0.717) is 17.1 Å². The molecule has 1 rings (SSSR count). The van der Waals surface area contributed by atoms with Crippen LogP contribution in [0.4, 0.5) is 0 Å². The molecule has 0 radical (unpaired) electrons. The molecule has 1 unspecified atom stereocenters. The first kappa shape index (κ1) is 15.0. The average Bonchev–Trinajstić information content (AvgIpc) is 2.35. The van der Waals surface area contributed by atoms with Gasteiger partial charge in [-0.1, -0.05) is 0 Å². The Bertz CT molecular complexity index is 438. The second kappa shape index (κ2) is 6.74. The topological polar surface area (TPSA) is 70.8 Å². The number of hydrogen-bond donors (Lipinski definition) is 0. The van der Waals surface area contributed by atoms with Crippen molar-refractivity contribution in [3.8, 4) is 11.5 Å². The van der Waals surface area contributed by atoms with E-state index in [1.165, 1.54) is 14.2 Å². The Morgan fingerprint density at radius 3 is 2.33 bits per heavy atom. The molecule has 0 spiro atoms. The maximum absolute atomic E-state index is 10.6. The summed E-state index contributed by atoms with van der Waals surface area (Å²) >= 11 is 2.11. The Hall–Kier alpha value is -1.09. The predicted octanol–water partition coefficient (Wildman–Crippen LogP) is 2.27. The second-order valence-corrected chi connectivity index (χ2v) is 4.63. The van der Waals surface area contributed by atoms with E-state index in [1.807, 2.05) is 0 Å². The van der Waals surface area contributed by atoms with Gasteiger partial charge in [0.05, 0.1) is 17.8 Å². The molecule has 0 amide bonds. The number of methoxy groups -OCH3 is 3. The van der Waals surface area contributed by atoms with Crippen molar-refractivity contribution in [2.45, 2.75) is 6.10 Å². The van der Waals surface area contributed by atoms with E-state index in [4.69, 9.17) is 14.2 Å². The highest BCUT2D eigenvalue weighted by molar-refractivity contribution is 14.1. The molecule has 6 nitrogen and oxygen atoms in total. The van der Waals surface area contributed by atoms with Crippen LogP contribution in [0, 0.1) is 13.7 Å². The van der Waals surface area contributed by atoms with Crippen LogP contribution in [0.3, 0.4) is 0 Å². The molecule has 0 heterocycles. The van der Waals surface area contributed by atoms with E-state index in [2.05, 4.69) is 22.6 Å². The number of hydrogen-bond acceptors (Lipinski definition) is 5. The Labute approximate surface area is 119 Å². The third kappa shape index (κ3) is 3.45. The van der Waals surface area contributed by atoms with Crippen molar-refractivity contribution in [1.29, 1.82) is 0 Å². The highest BCUT2D eigenvalue weighted by Gasteiger charge is 2.23. The van der Waals surface area contributed by atoms with Crippen LogP contribution in [-0.4, -0.2) is 32.8 Å². The summed E-state index contributed by atoms with van der Waals surface area (Å²) in [5, 5.41) is 10.6. The summed E-state index contributed by atoms with van der Waals surface area (Å²) in [7, 11) is 4.49. The lowest BCUT2D eigenvalue weighted by Crippen LogP contribution is -2.15. The zero-order valence-corrected chi connectivity index (χ0v) is 12.5. The van der Waals surface area contributed by atoms with Gasteiger partial charge in [-0.25, -0.2) is 0 Å². The van der Waals surface area contributed by atoms with E-state index in [9.17, 15) is 10.1 Å². The zero-order valence-electron chi connectivity index (χ0n) is 10.3. The number of nitro groups is 1. The van der Waals surface area contributed by atoms with Crippen molar-refractivity contribution in [3.05, 3.63) is 31.4 Å². The molecule has 0 aromatic heterocycles. The van der Waals surface area contributed by atoms with Crippen LogP contribution in [0.1, 0.15) is 11.7 Å². The number of benzene rings is 1. The van der Waals surface area contributed by atoms with Crippen LogP contribution < -0.4 is 9.47 Å². The van der Waals surface area contributed by atoms with Crippen LogP contribution >= 0.6 is 22.6 Å². The lowest BCUT2D eigenvalue weighted by atomic mass is 10.1. The monoisotopic (exact) mass is 367 g/mol. The first-order chi connectivity index (χ1) is 8.53. The highest BCUT2D eigenvalue weighted by atomic mass is 127. The van der Waals surface area contributed by atoms with Crippen LogP contribution in [0.15, 0.2) is 12.1 Å². The first-order valence-corrected chi connectivity index (χ1v) is 6.17. The van der Waals surface area contributed by atoms with Gasteiger partial charge in [-0.15, -0.1) is 0 Å². The van der Waals surface area contributed by atoms with Crippen LogP contribution in [0.25, 0.3) is 0 Å². The Morgan fingerprint density at radius 1 is 1.28 bits per heavy atom. The molecule has 1 aromatic carbocycles. The SMILES string of the molecule is COc1cc(C(C[N+](=O)[O-])OC)c(OC)cc1I. The standard InChI is InChI=1S/C11H14INO5/c1-16-9-5-8(12)10(17-2)4-7(9)11(18-3)6-13(14)15/h4-5,11H,6H2,1-3H3. The van der Waals surface area contributed by atoms with Crippen molar-refractivity contribution >= 4 is 22.6 Å². The quantitative estimate of drug-likeness (QED) is 0.438. The van der Waals surface area contributed by atoms with Gasteiger partial charge in [0.15, 0.2) is 6.10 Å². The summed E-state index contributed by atoms with van der Waals surface area (Å²) in [6.45, 7) is -0.323. The van der Waals surface area contributed by atoms with Crippen molar-refractivity contribution in [2.24, 2.45) is 0 Å². The fourth-order valence-corrected chi connectivity index (χ4v) is 2.23. The molecule has 1 atom stereocenters. The maximum Gasteiger partial charge on any atom is 0.233 e. The molecule has 0 bridgehead atoms. The Morgan fingerprint density at radius 2 is 1.89 bits per heavy atom. The van der Waals surface area contributed by atoms with Gasteiger partial charge in [-0.3, -0.25) is 10.1 Å². The van der Waals surface area contributed by atoms with Crippen molar-refractivity contribution < 1.29 is 19.1 Å². The van der Waals surface area contributed by atoms with Crippen LogP contribution in [0.5, 0.6) is 11.5 Å². The minimum atomic E-state index is -0.666. The predicted molar refractivity (Wildman–Crippen MR) is 73.9 cm³/mol. The fourth-order valence-electron chi connectivity index (χ4n) is 1.57. The lowest BCUT2D eigenvalue weighted by Gasteiger charge is -2.17. The van der Waals surface area contributed by atoms with Crippen LogP contribution in [0.2, 0.25) is 0 Å². The molecular formula is C11H14INO5. The molecule has 0 saturated heterocycles. The largest absolute Gasteiger partial charge is 0.496 e. The maximum atomic E-state index is 10.6. The fraction of sp³-hybridized carbons (Fsp3) is 0.455. The van der Waals surface area contributed by atoms with E-state index in [0.717, 1.165) is 3.57 Å². The molecule has 1 aromatic rings. The number of rotatable bonds is 6. The molecule has 100 valence electrons. The molecule has 18 heavy (non-hydrogen) atoms. The molecule has 7 heteroatoms. The third-order valence-corrected chi connectivity index (χ3v) is 3.29. The summed E-state index contributed by atoms with van der Waals surface area (Å²) in [5.74, 6) is 1.19. The Kier molecular flexibility index (Phi) is 5.60. The van der Waals surface area contributed by atoms with Gasteiger partial charge >= 0.3 is 0 Å². The number of nitrogens with zero attached hydrogens (tertiary/aromatic N) is 1. The van der Waals surface area contributed by atoms with Gasteiger partial charge in [0.25, 0.3) is 0 Å². The van der Waals surface area contributed by atoms with E-state index >= 15 is 0 Å². The molecule has 0 aliphatic carbocycles. The van der Waals surface area contributed by atoms with Gasteiger partial charge in [0.1, 0.15) is 11.5 Å². The van der Waals surface area contributed by atoms with Gasteiger partial charge in [-0.05, 0) is 34.7 Å². The van der Waals surface area contributed by atoms with Crippen molar-refractivity contribution in [1.82, 2.24) is 0 Å². The summed E-state index contributed by atoms with van der Waals surface area (Å²) in [6, 6.07) is 3.47. The molecular weight excluding hydrogens is 353 g/mol. The van der Waals surface area contributed by atoms with E-state index in [1.54, 1.807) is 19.2 Å². The van der Waals surface area contributed by atoms with E-state index in [-0.39, 0.29) is 6.54 Å². The molecule has 0 saturated carbocycles. The Balaban J connectivity index is 3.22. The average molecular weight is 367 g/mol. The summed E-state index contributed by atoms with van der Waals surface area (Å²) in [5.41, 5.74) is 0.606. The zero-order chi connectivity index (χ0) is 13.7. The van der Waals surface area contributed by atoms with Gasteiger partial charge < -0.3 is 14.2 Å².